The van der Waals surface area contributed by atoms with Gasteiger partial charge < -0.3 is 19.3 Å². The molecule has 0 aromatic heterocycles. The summed E-state index contributed by atoms with van der Waals surface area (Å²) in [7, 11) is 1.39. The van der Waals surface area contributed by atoms with Crippen molar-refractivity contribution in [1.82, 2.24) is 0 Å². The van der Waals surface area contributed by atoms with Crippen LogP contribution in [0.1, 0.15) is 49.7 Å². The van der Waals surface area contributed by atoms with Crippen LogP contribution in [-0.4, -0.2) is 43.0 Å². The maximum atomic E-state index is 11.3. The van der Waals surface area contributed by atoms with Crippen LogP contribution in [0.4, 0.5) is 0 Å². The number of hydrogen-bond acceptors (Lipinski definition) is 6. The molecule has 0 saturated heterocycles. The van der Waals surface area contributed by atoms with Gasteiger partial charge in [0.25, 0.3) is 0 Å². The number of benzene rings is 1. The number of fused-ring (bicyclic) bond motifs is 3. The van der Waals surface area contributed by atoms with Gasteiger partial charge in [0, 0.05) is 37.9 Å². The molecule has 6 nitrogen and oxygen atoms in total. The number of rotatable bonds is 6. The Morgan fingerprint density at radius 2 is 2.12 bits per heavy atom. The molecular weight excluding hydrogens is 336 g/mol. The molecule has 142 valence electrons. The molecule has 1 fully saturated rings. The second-order valence-electron chi connectivity index (χ2n) is 7.09. The Morgan fingerprint density at radius 1 is 1.31 bits per heavy atom. The monoisotopic (exact) mass is 362 g/mol. The molecule has 1 aliphatic heterocycles. The minimum absolute atomic E-state index is 0.00432. The first-order valence-electron chi connectivity index (χ1n) is 9.16. The second kappa shape index (κ2) is 8.08. The zero-order chi connectivity index (χ0) is 18.7. The van der Waals surface area contributed by atoms with Gasteiger partial charge in [-0.3, -0.25) is 9.59 Å². The first-order chi connectivity index (χ1) is 12.5. The summed E-state index contributed by atoms with van der Waals surface area (Å²) >= 11 is 0. The molecular formula is C20H26O6. The Kier molecular flexibility index (Phi) is 5.81. The molecule has 0 spiro atoms. The van der Waals surface area contributed by atoms with Gasteiger partial charge in [-0.25, -0.2) is 0 Å². The second-order valence-corrected chi connectivity index (χ2v) is 7.09. The van der Waals surface area contributed by atoms with Crippen LogP contribution in [0.2, 0.25) is 0 Å². The first-order valence-corrected chi connectivity index (χ1v) is 9.16. The lowest BCUT2D eigenvalue weighted by Crippen LogP contribution is -2.40. The number of aliphatic hydroxyl groups excluding tert-OH is 1. The molecule has 1 saturated carbocycles. The molecule has 2 unspecified atom stereocenters. The van der Waals surface area contributed by atoms with E-state index in [0.29, 0.717) is 25.7 Å². The number of carbonyl (C=O) groups excluding carboxylic acids is 2. The van der Waals surface area contributed by atoms with E-state index in [1.807, 2.05) is 12.1 Å². The number of aliphatic hydroxyl groups is 1. The zero-order valence-electron chi connectivity index (χ0n) is 15.3. The molecule has 1 aliphatic carbocycles. The van der Waals surface area contributed by atoms with E-state index in [4.69, 9.17) is 14.2 Å². The molecule has 1 N–H and O–H groups in total. The number of aryl methyl sites for hydroxylation is 1. The van der Waals surface area contributed by atoms with Crippen molar-refractivity contribution in [2.75, 3.05) is 13.7 Å². The average molecular weight is 362 g/mol. The predicted octanol–water partition coefficient (Wildman–Crippen LogP) is 2.36. The lowest BCUT2D eigenvalue weighted by molar-refractivity contribution is -0.151. The number of esters is 2. The summed E-state index contributed by atoms with van der Waals surface area (Å²) in [5.74, 6) is 0.474. The number of para-hydroxylation sites is 1. The highest BCUT2D eigenvalue weighted by Gasteiger charge is 2.46. The van der Waals surface area contributed by atoms with Gasteiger partial charge in [0.15, 0.2) is 0 Å². The number of methoxy groups -OCH3 is 1. The van der Waals surface area contributed by atoms with Crippen LogP contribution in [0.15, 0.2) is 18.2 Å². The third kappa shape index (κ3) is 3.85. The Labute approximate surface area is 153 Å². The Morgan fingerprint density at radius 3 is 2.81 bits per heavy atom. The zero-order valence-corrected chi connectivity index (χ0v) is 15.3. The molecule has 1 aromatic carbocycles. The number of hydrogen-bond donors (Lipinski definition) is 1. The molecule has 2 aliphatic rings. The fraction of sp³-hybridized carbons (Fsp3) is 0.600. The largest absolute Gasteiger partial charge is 0.489 e. The molecule has 0 radical (unpaired) electrons. The van der Waals surface area contributed by atoms with Gasteiger partial charge in [-0.2, -0.15) is 0 Å². The summed E-state index contributed by atoms with van der Waals surface area (Å²) in [6.45, 7) is 1.44. The molecule has 26 heavy (non-hydrogen) atoms. The van der Waals surface area contributed by atoms with E-state index >= 15 is 0 Å². The third-order valence-electron chi connectivity index (χ3n) is 5.35. The van der Waals surface area contributed by atoms with Crippen LogP contribution >= 0.6 is 0 Å². The van der Waals surface area contributed by atoms with Gasteiger partial charge in [0.2, 0.25) is 0 Å². The SMILES string of the molecule is COC(=O)CCCc1cccc2c1O[C@H]1C[C@@H](OC(C)=O)CC(CO)C21. The van der Waals surface area contributed by atoms with Gasteiger partial charge in [-0.05, 0) is 30.7 Å². The van der Waals surface area contributed by atoms with E-state index in [1.54, 1.807) is 0 Å². The standard InChI is InChI=1S/C20H26O6/c1-12(22)25-15-9-14(11-21)19-16-7-3-5-13(6-4-8-18(23)24-2)20(16)26-17(19)10-15/h3,5,7,14-15,17,19,21H,4,6,8-11H2,1-2H3/t14?,15-,17-,19?/m0/s1. The summed E-state index contributed by atoms with van der Waals surface area (Å²) in [5.41, 5.74) is 2.19. The highest BCUT2D eigenvalue weighted by Crippen LogP contribution is 2.50. The van der Waals surface area contributed by atoms with Crippen LogP contribution in [-0.2, 0) is 25.5 Å². The third-order valence-corrected chi connectivity index (χ3v) is 5.35. The number of carbonyl (C=O) groups is 2. The predicted molar refractivity (Wildman–Crippen MR) is 93.9 cm³/mol. The minimum Gasteiger partial charge on any atom is -0.489 e. The summed E-state index contributed by atoms with van der Waals surface area (Å²) in [5, 5.41) is 9.87. The lowest BCUT2D eigenvalue weighted by atomic mass is 9.73. The van der Waals surface area contributed by atoms with E-state index in [2.05, 4.69) is 6.07 Å². The topological polar surface area (TPSA) is 82.1 Å². The van der Waals surface area contributed by atoms with Crippen LogP contribution in [0.25, 0.3) is 0 Å². The fourth-order valence-corrected chi connectivity index (χ4v) is 4.27. The summed E-state index contributed by atoms with van der Waals surface area (Å²) in [6.07, 6.45) is 2.77. The van der Waals surface area contributed by atoms with Crippen molar-refractivity contribution in [2.45, 2.75) is 57.2 Å². The minimum atomic E-state index is -0.302. The van der Waals surface area contributed by atoms with Crippen molar-refractivity contribution in [3.63, 3.8) is 0 Å². The van der Waals surface area contributed by atoms with Gasteiger partial charge in [-0.15, -0.1) is 0 Å². The quantitative estimate of drug-likeness (QED) is 0.783. The fourth-order valence-electron chi connectivity index (χ4n) is 4.27. The normalized spacial score (nSPS) is 26.4. The maximum absolute atomic E-state index is 11.3. The van der Waals surface area contributed by atoms with E-state index in [1.165, 1.54) is 14.0 Å². The van der Waals surface area contributed by atoms with Gasteiger partial charge in [-0.1, -0.05) is 18.2 Å². The first kappa shape index (κ1) is 18.7. The molecule has 3 rings (SSSR count). The van der Waals surface area contributed by atoms with Crippen LogP contribution in [0.5, 0.6) is 5.75 Å². The summed E-state index contributed by atoms with van der Waals surface area (Å²) in [4.78, 5) is 22.6. The van der Waals surface area contributed by atoms with Gasteiger partial charge >= 0.3 is 11.9 Å². The Bertz CT molecular complexity index is 670. The number of ether oxygens (including phenoxy) is 3. The molecule has 4 atom stereocenters. The lowest BCUT2D eigenvalue weighted by Gasteiger charge is -2.36. The highest BCUT2D eigenvalue weighted by atomic mass is 16.5. The summed E-state index contributed by atoms with van der Waals surface area (Å²) < 4.78 is 16.3. The van der Waals surface area contributed by atoms with E-state index in [0.717, 1.165) is 23.3 Å². The molecule has 1 heterocycles. The molecule has 6 heteroatoms. The Hall–Kier alpha value is -2.08. The van der Waals surface area contributed by atoms with Gasteiger partial charge in [0.05, 0.1) is 7.11 Å². The van der Waals surface area contributed by atoms with E-state index in [9.17, 15) is 14.7 Å². The van der Waals surface area contributed by atoms with E-state index in [-0.39, 0.29) is 42.6 Å². The maximum Gasteiger partial charge on any atom is 0.305 e. The average Bonchev–Trinajstić information content (AvgIpc) is 2.99. The highest BCUT2D eigenvalue weighted by molar-refractivity contribution is 5.69. The van der Waals surface area contributed by atoms with Crippen molar-refractivity contribution in [2.24, 2.45) is 5.92 Å². The van der Waals surface area contributed by atoms with Crippen molar-refractivity contribution >= 4 is 11.9 Å². The van der Waals surface area contributed by atoms with Gasteiger partial charge in [0.1, 0.15) is 18.0 Å². The van der Waals surface area contributed by atoms with E-state index < -0.39 is 0 Å². The smallest absolute Gasteiger partial charge is 0.305 e. The molecule has 0 amide bonds. The summed E-state index contributed by atoms with van der Waals surface area (Å²) in [6, 6.07) is 6.08. The van der Waals surface area contributed by atoms with Crippen LogP contribution in [0, 0.1) is 5.92 Å². The van der Waals surface area contributed by atoms with Crippen molar-refractivity contribution < 1.29 is 28.9 Å². The molecule has 1 aromatic rings. The Balaban J connectivity index is 1.76. The van der Waals surface area contributed by atoms with Crippen molar-refractivity contribution in [1.29, 1.82) is 0 Å². The van der Waals surface area contributed by atoms with Crippen molar-refractivity contribution in [3.8, 4) is 5.75 Å². The van der Waals surface area contributed by atoms with Crippen LogP contribution in [0.3, 0.4) is 0 Å². The van der Waals surface area contributed by atoms with Crippen LogP contribution < -0.4 is 4.74 Å². The molecule has 0 bridgehead atoms. The van der Waals surface area contributed by atoms with Crippen molar-refractivity contribution in [3.05, 3.63) is 29.3 Å².